The Labute approximate surface area is 169 Å². The van der Waals surface area contributed by atoms with Gasteiger partial charge in [-0.3, -0.25) is 5.32 Å². The molecule has 0 aliphatic heterocycles. The fourth-order valence-corrected chi connectivity index (χ4v) is 4.38. The summed E-state index contributed by atoms with van der Waals surface area (Å²) in [5.74, 6) is -2.69. The van der Waals surface area contributed by atoms with Crippen LogP contribution in [-0.4, -0.2) is 57.6 Å². The van der Waals surface area contributed by atoms with Crippen LogP contribution in [0.1, 0.15) is 15.1 Å². The van der Waals surface area contributed by atoms with E-state index in [9.17, 15) is 21.6 Å². The zero-order chi connectivity index (χ0) is 25.9. The maximum Gasteiger partial charge on any atom is 0.335 e. The van der Waals surface area contributed by atoms with Gasteiger partial charge >= 0.3 is 6.03 Å². The van der Waals surface area contributed by atoms with Crippen molar-refractivity contribution >= 4 is 31.8 Å². The van der Waals surface area contributed by atoms with Crippen LogP contribution in [0.2, 0.25) is 0 Å². The molecule has 2 N–H and O–H groups in total. The lowest BCUT2D eigenvalue weighted by molar-refractivity contribution is 0.256. The van der Waals surface area contributed by atoms with Crippen LogP contribution in [-0.2, 0) is 19.9 Å². The normalized spacial score (nSPS) is 15.6. The number of hydrogen-bond donors (Lipinski definition) is 2. The Hall–Kier alpha value is -3.00. The van der Waals surface area contributed by atoms with Gasteiger partial charge in [0.25, 0.3) is 10.0 Å². The second kappa shape index (κ2) is 8.35. The molecule has 0 aromatic carbocycles. The summed E-state index contributed by atoms with van der Waals surface area (Å²) in [6.45, 7) is 1.28. The Morgan fingerprint density at radius 1 is 1.18 bits per heavy atom. The number of amides is 2. The van der Waals surface area contributed by atoms with Crippen molar-refractivity contribution in [2.24, 2.45) is 0 Å². The quantitative estimate of drug-likeness (QED) is 0.610. The number of methoxy groups -OCH3 is 2. The summed E-state index contributed by atoms with van der Waals surface area (Å²) in [6.07, 6.45) is 0.998. The van der Waals surface area contributed by atoms with E-state index in [2.05, 4.69) is 24.4 Å². The molecule has 0 bridgehead atoms. The van der Waals surface area contributed by atoms with Crippen molar-refractivity contribution in [1.29, 1.82) is 0 Å². The van der Waals surface area contributed by atoms with Gasteiger partial charge in [0.2, 0.25) is 17.7 Å². The largest absolute Gasteiger partial charge is 0.481 e. The van der Waals surface area contributed by atoms with E-state index >= 15 is 0 Å². The highest BCUT2D eigenvalue weighted by atomic mass is 32.2. The predicted octanol–water partition coefficient (Wildman–Crippen LogP) is 0.193. The van der Waals surface area contributed by atoms with Crippen molar-refractivity contribution in [2.75, 3.05) is 25.1 Å². The predicted molar refractivity (Wildman–Crippen MR) is 96.4 cm³/mol. The third kappa shape index (κ3) is 4.83. The summed E-state index contributed by atoms with van der Waals surface area (Å²) in [5, 5.41) is 0.891. The first kappa shape index (κ1) is 14.1. The summed E-state index contributed by atoms with van der Waals surface area (Å²) in [4.78, 5) is 22.2. The van der Waals surface area contributed by atoms with Crippen molar-refractivity contribution < 1.29 is 39.3 Å². The minimum Gasteiger partial charge on any atom is -0.481 e. The molecular weight excluding hydrogens is 414 g/mol. The molecule has 28 heavy (non-hydrogen) atoms. The SMILES string of the molecule is [2H]C([2H])([2H])Oc1cc(OC([2H])([2H])[2H])nc(NC(=O)NS(=O)(=O)c2ncccc2S(=O)(=O)CC)n1. The topological polar surface area (TPSA) is 167 Å². The molecular formula is C14H17N5O7S2. The molecule has 0 radical (unpaired) electrons. The number of ether oxygens (including phenoxy) is 2. The van der Waals surface area contributed by atoms with Gasteiger partial charge in [0, 0.05) is 6.20 Å². The molecule has 0 saturated carbocycles. The Morgan fingerprint density at radius 2 is 1.82 bits per heavy atom. The van der Waals surface area contributed by atoms with Gasteiger partial charge in [-0.15, -0.1) is 0 Å². The molecule has 2 aromatic heterocycles. The number of urea groups is 1. The Balaban J connectivity index is 2.35. The zero-order valence-electron chi connectivity index (χ0n) is 20.0. The molecule has 0 aliphatic rings. The monoisotopic (exact) mass is 437 g/mol. The lowest BCUT2D eigenvalue weighted by Crippen LogP contribution is -2.36. The van der Waals surface area contributed by atoms with E-state index in [0.29, 0.717) is 6.07 Å². The van der Waals surface area contributed by atoms with Crippen LogP contribution >= 0.6 is 0 Å². The van der Waals surface area contributed by atoms with Crippen molar-refractivity contribution in [2.45, 2.75) is 16.8 Å². The van der Waals surface area contributed by atoms with E-state index < -0.39 is 73.4 Å². The summed E-state index contributed by atoms with van der Waals surface area (Å²) in [7, 11) is -14.9. The zero-order valence-corrected chi connectivity index (χ0v) is 15.7. The molecule has 2 aromatic rings. The van der Waals surface area contributed by atoms with Gasteiger partial charge in [-0.1, -0.05) is 6.92 Å². The molecule has 0 spiro atoms. The van der Waals surface area contributed by atoms with E-state index in [0.717, 1.165) is 12.3 Å². The minimum absolute atomic E-state index is 0.441. The highest BCUT2D eigenvalue weighted by molar-refractivity contribution is 7.93. The minimum atomic E-state index is -4.83. The Bertz CT molecular complexity index is 1250. The second-order valence-corrected chi connectivity index (χ2v) is 8.69. The standard InChI is InChI=1S/C14H17N5O7S2/c1-4-27(21,22)9-6-5-7-15-12(9)28(23,24)19-14(20)18-13-16-10(25-2)8-11(17-13)26-3/h5-8H,4H2,1-3H3,(H2,16,17,18,19,20)/i2D3,3D3. The average molecular weight is 437 g/mol. The second-order valence-electron chi connectivity index (χ2n) is 4.84. The number of nitrogens with one attached hydrogen (secondary N) is 2. The van der Waals surface area contributed by atoms with E-state index in [4.69, 9.17) is 8.22 Å². The van der Waals surface area contributed by atoms with Crippen LogP contribution in [0.15, 0.2) is 34.3 Å². The van der Waals surface area contributed by atoms with Crippen molar-refractivity contribution in [3.8, 4) is 11.8 Å². The van der Waals surface area contributed by atoms with Gasteiger partial charge < -0.3 is 9.47 Å². The number of carbonyl (C=O) groups is 1. The first-order chi connectivity index (χ1) is 15.4. The summed E-state index contributed by atoms with van der Waals surface area (Å²) < 4.78 is 103. The molecule has 0 unspecified atom stereocenters. The average Bonchev–Trinajstić information content (AvgIpc) is 2.64. The number of sulfone groups is 1. The molecule has 2 rings (SSSR count). The fraction of sp³-hybridized carbons (Fsp3) is 0.286. The third-order valence-corrected chi connectivity index (χ3v) is 6.22. The number of hydrogen-bond acceptors (Lipinski definition) is 10. The number of anilines is 1. The van der Waals surface area contributed by atoms with Gasteiger partial charge in [0.1, 0.15) is 4.90 Å². The maximum atomic E-state index is 12.6. The van der Waals surface area contributed by atoms with Crippen molar-refractivity contribution in [3.63, 3.8) is 0 Å². The molecule has 2 heterocycles. The molecule has 14 heteroatoms. The number of rotatable bonds is 7. The molecule has 2 amide bonds. The first-order valence-electron chi connectivity index (χ1n) is 10.2. The smallest absolute Gasteiger partial charge is 0.335 e. The lowest BCUT2D eigenvalue weighted by atomic mass is 10.5. The molecule has 0 aliphatic carbocycles. The fourth-order valence-electron chi connectivity index (χ4n) is 1.83. The number of aromatic nitrogens is 3. The molecule has 0 saturated heterocycles. The number of sulfonamides is 1. The van der Waals surface area contributed by atoms with Crippen LogP contribution in [0.4, 0.5) is 10.7 Å². The van der Waals surface area contributed by atoms with E-state index in [1.165, 1.54) is 17.7 Å². The van der Waals surface area contributed by atoms with Crippen LogP contribution in [0.3, 0.4) is 0 Å². The van der Waals surface area contributed by atoms with Crippen molar-refractivity contribution in [3.05, 3.63) is 24.4 Å². The number of nitrogens with zero attached hydrogens (tertiary/aromatic N) is 3. The summed E-state index contributed by atoms with van der Waals surface area (Å²) >= 11 is 0. The van der Waals surface area contributed by atoms with E-state index in [1.807, 2.05) is 5.32 Å². The molecule has 152 valence electrons. The van der Waals surface area contributed by atoms with E-state index in [1.54, 1.807) is 0 Å². The Kier molecular flexibility index (Phi) is 4.19. The van der Waals surface area contributed by atoms with Gasteiger partial charge in [-0.2, -0.15) is 18.4 Å². The lowest BCUT2D eigenvalue weighted by Gasteiger charge is -2.11. The van der Waals surface area contributed by atoms with Crippen LogP contribution in [0.5, 0.6) is 11.8 Å². The first-order valence-corrected chi connectivity index (χ1v) is 10.3. The van der Waals surface area contributed by atoms with Crippen LogP contribution < -0.4 is 19.5 Å². The van der Waals surface area contributed by atoms with Crippen LogP contribution in [0, 0.1) is 0 Å². The molecule has 0 fully saturated rings. The van der Waals surface area contributed by atoms with Crippen LogP contribution in [0.25, 0.3) is 0 Å². The Morgan fingerprint density at radius 3 is 2.39 bits per heavy atom. The third-order valence-electron chi connectivity index (χ3n) is 3.05. The highest BCUT2D eigenvalue weighted by Gasteiger charge is 2.28. The summed E-state index contributed by atoms with van der Waals surface area (Å²) in [5.41, 5.74) is 0. The molecule has 0 atom stereocenters. The maximum absolute atomic E-state index is 12.6. The van der Waals surface area contributed by atoms with E-state index in [-0.39, 0.29) is 0 Å². The van der Waals surface area contributed by atoms with Gasteiger partial charge in [0.05, 0.1) is 34.1 Å². The highest BCUT2D eigenvalue weighted by Crippen LogP contribution is 2.20. The number of pyridine rings is 1. The number of carbonyl (C=O) groups excluding carboxylic acids is 1. The van der Waals surface area contributed by atoms with Crippen molar-refractivity contribution in [1.82, 2.24) is 19.7 Å². The van der Waals surface area contributed by atoms with Gasteiger partial charge in [-0.25, -0.2) is 22.9 Å². The summed E-state index contributed by atoms with van der Waals surface area (Å²) in [6, 6.07) is 1.39. The molecule has 12 nitrogen and oxygen atoms in total. The van der Waals surface area contributed by atoms with Gasteiger partial charge in [0.15, 0.2) is 14.9 Å². The van der Waals surface area contributed by atoms with Gasteiger partial charge in [-0.05, 0) is 12.1 Å².